The van der Waals surface area contributed by atoms with E-state index in [-0.39, 0.29) is 18.2 Å². The molecule has 0 aliphatic carbocycles. The average Bonchev–Trinajstić information content (AvgIpc) is 3.44. The molecule has 180 valence electrons. The fourth-order valence-corrected chi connectivity index (χ4v) is 4.82. The van der Waals surface area contributed by atoms with Crippen molar-refractivity contribution < 1.29 is 5.11 Å². The van der Waals surface area contributed by atoms with E-state index in [0.717, 1.165) is 44.5 Å². The van der Waals surface area contributed by atoms with Crippen molar-refractivity contribution in [3.8, 4) is 11.3 Å². The molecule has 0 bridgehead atoms. The number of nitrogens with one attached hydrogen (secondary N) is 1. The van der Waals surface area contributed by atoms with E-state index in [2.05, 4.69) is 28.5 Å². The normalized spacial score (nSPS) is 12.5. The number of hydrogen-bond donors (Lipinski definition) is 2. The average molecular weight is 472 g/mol. The number of aliphatic hydroxyl groups is 1. The van der Waals surface area contributed by atoms with E-state index in [1.807, 2.05) is 51.5 Å². The van der Waals surface area contributed by atoms with E-state index in [9.17, 15) is 9.90 Å². The SMILES string of the molecule is Cc1cc(C(C)Nc2ccc(C)nc2-c2cnn(C)c2)c2c(c1)c(=O)n(C)c1c2cnn1CCO. The van der Waals surface area contributed by atoms with Crippen LogP contribution in [-0.4, -0.2) is 40.8 Å². The van der Waals surface area contributed by atoms with Crippen molar-refractivity contribution in [1.82, 2.24) is 29.1 Å². The Kier molecular flexibility index (Phi) is 5.64. The minimum atomic E-state index is -0.131. The van der Waals surface area contributed by atoms with Crippen LogP contribution in [0.5, 0.6) is 0 Å². The maximum atomic E-state index is 13.4. The standard InChI is InChI=1S/C26H29N7O2/c1-15-10-19(17(3)30-22-7-6-16(2)29-24(22)18-12-27-31(4)14-18)23-20(11-15)26(35)32(5)25-21(23)13-28-33(25)8-9-34/h6-7,10-14,17,30,34H,8-9H2,1-5H3. The van der Waals surface area contributed by atoms with Gasteiger partial charge >= 0.3 is 0 Å². The molecule has 1 atom stereocenters. The quantitative estimate of drug-likeness (QED) is 0.393. The predicted octanol–water partition coefficient (Wildman–Crippen LogP) is 3.47. The van der Waals surface area contributed by atoms with Gasteiger partial charge in [0.15, 0.2) is 0 Å². The van der Waals surface area contributed by atoms with E-state index in [0.29, 0.717) is 17.6 Å². The summed E-state index contributed by atoms with van der Waals surface area (Å²) in [5.41, 5.74) is 6.20. The predicted molar refractivity (Wildman–Crippen MR) is 138 cm³/mol. The Bertz CT molecular complexity index is 1630. The van der Waals surface area contributed by atoms with Crippen LogP contribution >= 0.6 is 0 Å². The monoisotopic (exact) mass is 471 g/mol. The summed E-state index contributed by atoms with van der Waals surface area (Å²) >= 11 is 0. The van der Waals surface area contributed by atoms with Crippen LogP contribution in [0.4, 0.5) is 5.69 Å². The highest BCUT2D eigenvalue weighted by Crippen LogP contribution is 2.34. The van der Waals surface area contributed by atoms with E-state index < -0.39 is 0 Å². The second-order valence-corrected chi connectivity index (χ2v) is 9.09. The van der Waals surface area contributed by atoms with Gasteiger partial charge in [0.05, 0.1) is 36.9 Å². The van der Waals surface area contributed by atoms with Crippen molar-refractivity contribution in [2.45, 2.75) is 33.4 Å². The molecule has 4 aromatic heterocycles. The summed E-state index contributed by atoms with van der Waals surface area (Å²) in [5.74, 6) is 0. The summed E-state index contributed by atoms with van der Waals surface area (Å²) in [6, 6.07) is 7.94. The van der Waals surface area contributed by atoms with E-state index in [1.54, 1.807) is 27.2 Å². The molecule has 1 aromatic carbocycles. The Hall–Kier alpha value is -3.98. The van der Waals surface area contributed by atoms with E-state index in [1.165, 1.54) is 0 Å². The topological polar surface area (TPSA) is 103 Å². The molecule has 9 heteroatoms. The minimum Gasteiger partial charge on any atom is -0.394 e. The molecule has 0 fully saturated rings. The van der Waals surface area contributed by atoms with Crippen LogP contribution in [0.15, 0.2) is 47.7 Å². The summed E-state index contributed by atoms with van der Waals surface area (Å²) in [6.07, 6.45) is 5.54. The maximum Gasteiger partial charge on any atom is 0.259 e. The zero-order valence-corrected chi connectivity index (χ0v) is 20.6. The Morgan fingerprint density at radius 3 is 2.60 bits per heavy atom. The lowest BCUT2D eigenvalue weighted by Crippen LogP contribution is -2.21. The number of nitrogens with zero attached hydrogens (tertiary/aromatic N) is 6. The van der Waals surface area contributed by atoms with Gasteiger partial charge in [0, 0.05) is 53.8 Å². The van der Waals surface area contributed by atoms with Crippen molar-refractivity contribution in [2.24, 2.45) is 14.1 Å². The van der Waals surface area contributed by atoms with Crippen molar-refractivity contribution >= 4 is 27.5 Å². The Morgan fingerprint density at radius 2 is 1.89 bits per heavy atom. The number of benzene rings is 1. The minimum absolute atomic E-state index is 0.0563. The highest BCUT2D eigenvalue weighted by Gasteiger charge is 2.20. The lowest BCUT2D eigenvalue weighted by Gasteiger charge is -2.21. The van der Waals surface area contributed by atoms with Crippen LogP contribution in [0.2, 0.25) is 0 Å². The Labute approximate surface area is 202 Å². The van der Waals surface area contributed by atoms with Gasteiger partial charge in [0.2, 0.25) is 0 Å². The third-order valence-corrected chi connectivity index (χ3v) is 6.41. The first-order valence-corrected chi connectivity index (χ1v) is 11.6. The zero-order valence-electron chi connectivity index (χ0n) is 20.6. The fourth-order valence-electron chi connectivity index (χ4n) is 4.82. The van der Waals surface area contributed by atoms with Crippen LogP contribution in [0.1, 0.15) is 29.8 Å². The highest BCUT2D eigenvalue weighted by atomic mass is 16.3. The fraction of sp³-hybridized carbons (Fsp3) is 0.308. The summed E-state index contributed by atoms with van der Waals surface area (Å²) in [5, 5.41) is 24.3. The van der Waals surface area contributed by atoms with Gasteiger partial charge in [-0.2, -0.15) is 10.2 Å². The third kappa shape index (κ3) is 3.87. The number of pyridine rings is 2. The first-order valence-electron chi connectivity index (χ1n) is 11.6. The van der Waals surface area contributed by atoms with Gasteiger partial charge in [0.1, 0.15) is 5.65 Å². The van der Waals surface area contributed by atoms with E-state index >= 15 is 0 Å². The summed E-state index contributed by atoms with van der Waals surface area (Å²) in [6.45, 7) is 6.32. The first kappa shape index (κ1) is 22.8. The number of aromatic nitrogens is 6. The van der Waals surface area contributed by atoms with Crippen molar-refractivity contribution in [3.63, 3.8) is 0 Å². The van der Waals surface area contributed by atoms with Crippen molar-refractivity contribution in [2.75, 3.05) is 11.9 Å². The number of hydrogen-bond acceptors (Lipinski definition) is 6. The van der Waals surface area contributed by atoms with Crippen LogP contribution in [0, 0.1) is 13.8 Å². The van der Waals surface area contributed by atoms with Crippen LogP contribution in [0.3, 0.4) is 0 Å². The lowest BCUT2D eigenvalue weighted by molar-refractivity contribution is 0.271. The maximum absolute atomic E-state index is 13.4. The number of rotatable bonds is 6. The van der Waals surface area contributed by atoms with Gasteiger partial charge < -0.3 is 10.4 Å². The summed E-state index contributed by atoms with van der Waals surface area (Å²) < 4.78 is 5.06. The summed E-state index contributed by atoms with van der Waals surface area (Å²) in [4.78, 5) is 18.2. The Morgan fingerprint density at radius 1 is 1.09 bits per heavy atom. The summed E-state index contributed by atoms with van der Waals surface area (Å²) in [7, 11) is 3.64. The molecular weight excluding hydrogens is 442 g/mol. The highest BCUT2D eigenvalue weighted by molar-refractivity contribution is 6.07. The molecule has 1 unspecified atom stereocenters. The van der Waals surface area contributed by atoms with Crippen LogP contribution in [-0.2, 0) is 20.6 Å². The van der Waals surface area contributed by atoms with Crippen LogP contribution < -0.4 is 10.9 Å². The van der Waals surface area contributed by atoms with Gasteiger partial charge in [-0.25, -0.2) is 4.68 Å². The number of fused-ring (bicyclic) bond motifs is 3. The van der Waals surface area contributed by atoms with Gasteiger partial charge in [-0.05, 0) is 50.1 Å². The molecule has 4 heterocycles. The van der Waals surface area contributed by atoms with Gasteiger partial charge in [-0.3, -0.25) is 19.0 Å². The molecular formula is C26H29N7O2. The number of anilines is 1. The smallest absolute Gasteiger partial charge is 0.259 e. The largest absolute Gasteiger partial charge is 0.394 e. The molecule has 0 radical (unpaired) electrons. The molecule has 2 N–H and O–H groups in total. The lowest BCUT2D eigenvalue weighted by atomic mass is 9.95. The molecule has 0 saturated carbocycles. The van der Waals surface area contributed by atoms with Gasteiger partial charge in [0.25, 0.3) is 5.56 Å². The van der Waals surface area contributed by atoms with Crippen molar-refractivity contribution in [3.05, 3.63) is 70.0 Å². The molecule has 0 amide bonds. The number of aliphatic hydroxyl groups excluding tert-OH is 1. The molecule has 0 spiro atoms. The van der Waals surface area contributed by atoms with Crippen LogP contribution in [0.25, 0.3) is 33.1 Å². The number of aryl methyl sites for hydroxylation is 4. The van der Waals surface area contributed by atoms with E-state index in [4.69, 9.17) is 4.98 Å². The third-order valence-electron chi connectivity index (χ3n) is 6.41. The molecule has 35 heavy (non-hydrogen) atoms. The zero-order chi connectivity index (χ0) is 24.9. The molecule has 0 saturated heterocycles. The van der Waals surface area contributed by atoms with Crippen molar-refractivity contribution in [1.29, 1.82) is 0 Å². The second-order valence-electron chi connectivity index (χ2n) is 9.09. The van der Waals surface area contributed by atoms with Gasteiger partial charge in [-0.1, -0.05) is 6.07 Å². The molecule has 5 rings (SSSR count). The molecule has 0 aliphatic rings. The molecule has 0 aliphatic heterocycles. The van der Waals surface area contributed by atoms with Gasteiger partial charge in [-0.15, -0.1) is 0 Å². The second kappa shape index (κ2) is 8.66. The molecule has 5 aromatic rings. The Balaban J connectivity index is 1.69. The first-order chi connectivity index (χ1) is 16.8. The molecule has 9 nitrogen and oxygen atoms in total.